The molecular weight excluding hydrogens is 499 g/mol. The van der Waals surface area contributed by atoms with Crippen LogP contribution in [0.2, 0.25) is 15.1 Å². The number of fused-ring (bicyclic) bond motifs is 2. The number of aryl methyl sites for hydroxylation is 1. The molecule has 1 N–H and O–H groups in total. The fraction of sp³-hybridized carbons (Fsp3) is 0.136. The topological polar surface area (TPSA) is 87.0 Å². The van der Waals surface area contributed by atoms with E-state index >= 15 is 0 Å². The van der Waals surface area contributed by atoms with Crippen LogP contribution in [0.25, 0.3) is 26.9 Å². The van der Waals surface area contributed by atoms with E-state index in [4.69, 9.17) is 46.1 Å². The first kappa shape index (κ1) is 22.2. The average molecular weight is 514 g/mol. The second kappa shape index (κ2) is 8.65. The normalized spacial score (nSPS) is 11.2. The zero-order chi connectivity index (χ0) is 24.0. The Morgan fingerprint density at radius 3 is 2.74 bits per heavy atom. The molecule has 0 fully saturated rings. The van der Waals surface area contributed by atoms with Gasteiger partial charge in [-0.05, 0) is 36.4 Å². The highest BCUT2D eigenvalue weighted by molar-refractivity contribution is 6.37. The molecule has 0 saturated carbocycles. The Morgan fingerprint density at radius 1 is 1.15 bits per heavy atom. The number of benzene rings is 2. The SMILES string of the molecule is [C-]#[N+]c1cc(Cl)cc(Oc2c(Cl)ccc3c2nnn3Cc2nn(C)c3nc(NC)ccc23)c1Cl. The molecule has 3 aromatic heterocycles. The fourth-order valence-corrected chi connectivity index (χ4v) is 4.20. The van der Waals surface area contributed by atoms with E-state index in [2.05, 4.69) is 30.6 Å². The van der Waals surface area contributed by atoms with Gasteiger partial charge in [0.2, 0.25) is 5.69 Å². The van der Waals surface area contributed by atoms with Crippen molar-refractivity contribution in [3.8, 4) is 11.5 Å². The van der Waals surface area contributed by atoms with Gasteiger partial charge in [0.25, 0.3) is 0 Å². The molecule has 0 spiro atoms. The van der Waals surface area contributed by atoms with E-state index in [0.29, 0.717) is 27.6 Å². The van der Waals surface area contributed by atoms with E-state index in [-0.39, 0.29) is 22.2 Å². The van der Waals surface area contributed by atoms with Crippen LogP contribution in [0.4, 0.5) is 11.5 Å². The molecule has 12 heteroatoms. The zero-order valence-electron chi connectivity index (χ0n) is 17.8. The van der Waals surface area contributed by atoms with E-state index in [1.165, 1.54) is 12.1 Å². The molecule has 5 aromatic rings. The van der Waals surface area contributed by atoms with Crippen LogP contribution in [0.5, 0.6) is 11.5 Å². The minimum Gasteiger partial charge on any atom is -0.453 e. The summed E-state index contributed by atoms with van der Waals surface area (Å²) < 4.78 is 9.43. The Balaban J connectivity index is 1.56. The van der Waals surface area contributed by atoms with Crippen LogP contribution >= 0.6 is 34.8 Å². The molecule has 170 valence electrons. The van der Waals surface area contributed by atoms with Gasteiger partial charge in [-0.2, -0.15) is 5.10 Å². The first-order valence-electron chi connectivity index (χ1n) is 9.96. The summed E-state index contributed by atoms with van der Waals surface area (Å²) in [6.07, 6.45) is 0. The lowest BCUT2D eigenvalue weighted by molar-refractivity contribution is 0.488. The predicted molar refractivity (Wildman–Crippen MR) is 132 cm³/mol. The lowest BCUT2D eigenvalue weighted by Gasteiger charge is -2.11. The van der Waals surface area contributed by atoms with Gasteiger partial charge in [-0.3, -0.25) is 4.68 Å². The third-order valence-corrected chi connectivity index (χ3v) is 6.12. The van der Waals surface area contributed by atoms with Crippen molar-refractivity contribution < 1.29 is 4.74 Å². The van der Waals surface area contributed by atoms with Crippen molar-refractivity contribution in [3.05, 3.63) is 68.6 Å². The van der Waals surface area contributed by atoms with Crippen LogP contribution in [0.3, 0.4) is 0 Å². The van der Waals surface area contributed by atoms with Gasteiger partial charge in [0.1, 0.15) is 11.6 Å². The number of hydrogen-bond donors (Lipinski definition) is 1. The molecule has 9 nitrogen and oxygen atoms in total. The Morgan fingerprint density at radius 2 is 1.97 bits per heavy atom. The Kier molecular flexibility index (Phi) is 5.65. The molecule has 0 aliphatic carbocycles. The van der Waals surface area contributed by atoms with Crippen molar-refractivity contribution in [2.24, 2.45) is 7.05 Å². The maximum atomic E-state index is 7.28. The van der Waals surface area contributed by atoms with E-state index in [0.717, 1.165) is 22.5 Å². The van der Waals surface area contributed by atoms with Gasteiger partial charge in [0.15, 0.2) is 16.9 Å². The van der Waals surface area contributed by atoms with Crippen LogP contribution in [0.1, 0.15) is 5.69 Å². The van der Waals surface area contributed by atoms with Crippen LogP contribution in [0, 0.1) is 6.57 Å². The molecule has 0 aliphatic rings. The first-order valence-corrected chi connectivity index (χ1v) is 11.1. The minimum atomic E-state index is 0.133. The monoisotopic (exact) mass is 512 g/mol. The van der Waals surface area contributed by atoms with Crippen molar-refractivity contribution in [2.75, 3.05) is 12.4 Å². The molecule has 0 aliphatic heterocycles. The summed E-state index contributed by atoms with van der Waals surface area (Å²) in [5, 5.41) is 17.9. The smallest absolute Gasteiger partial charge is 0.210 e. The van der Waals surface area contributed by atoms with Crippen molar-refractivity contribution >= 4 is 68.4 Å². The Bertz CT molecular complexity index is 1620. The molecule has 3 heterocycles. The molecule has 0 unspecified atom stereocenters. The van der Waals surface area contributed by atoms with Crippen molar-refractivity contribution in [3.63, 3.8) is 0 Å². The summed E-state index contributed by atoms with van der Waals surface area (Å²) in [6.45, 7) is 7.64. The maximum absolute atomic E-state index is 7.28. The maximum Gasteiger partial charge on any atom is 0.210 e. The molecule has 34 heavy (non-hydrogen) atoms. The molecular formula is C22H15Cl3N8O. The number of pyridine rings is 1. The molecule has 2 aromatic carbocycles. The number of ether oxygens (including phenoxy) is 1. The molecule has 0 amide bonds. The van der Waals surface area contributed by atoms with Crippen LogP contribution in [0.15, 0.2) is 36.4 Å². The number of anilines is 1. The Labute approximate surface area is 208 Å². The number of halogens is 3. The average Bonchev–Trinajstić information content (AvgIpc) is 3.38. The van der Waals surface area contributed by atoms with Gasteiger partial charge >= 0.3 is 0 Å². The second-order valence-electron chi connectivity index (χ2n) is 7.33. The van der Waals surface area contributed by atoms with Gasteiger partial charge in [-0.15, -0.1) is 5.10 Å². The summed E-state index contributed by atoms with van der Waals surface area (Å²) in [7, 11) is 3.66. The number of aromatic nitrogens is 6. The molecule has 0 radical (unpaired) electrons. The minimum absolute atomic E-state index is 0.133. The summed E-state index contributed by atoms with van der Waals surface area (Å²) >= 11 is 18.9. The second-order valence-corrected chi connectivity index (χ2v) is 8.55. The number of hydrogen-bond acceptors (Lipinski definition) is 6. The molecule has 5 rings (SSSR count). The predicted octanol–water partition coefficient (Wildman–Crippen LogP) is 6.11. The fourth-order valence-electron chi connectivity index (χ4n) is 3.62. The quantitative estimate of drug-likeness (QED) is 0.286. The van der Waals surface area contributed by atoms with E-state index < -0.39 is 0 Å². The standard InChI is InChI=1S/C22H15Cl3N8O/c1-26-14-8-11(23)9-17(19(14)25)34-21-13(24)5-6-16-20(21)29-31-33(16)10-15-12-4-7-18(27-2)28-22(12)32(3)30-15/h4-9H,10H2,2-3H3,(H,27,28). The van der Waals surface area contributed by atoms with Gasteiger partial charge < -0.3 is 10.1 Å². The third-order valence-electron chi connectivity index (χ3n) is 5.23. The highest BCUT2D eigenvalue weighted by Gasteiger charge is 2.19. The lowest BCUT2D eigenvalue weighted by Crippen LogP contribution is -2.03. The summed E-state index contributed by atoms with van der Waals surface area (Å²) in [5.41, 5.74) is 2.83. The third kappa shape index (κ3) is 3.76. The molecule has 0 bridgehead atoms. The first-order chi connectivity index (χ1) is 16.4. The Hall–Kier alpha value is -3.58. The van der Waals surface area contributed by atoms with Gasteiger partial charge in [-0.25, -0.2) is 14.5 Å². The molecule has 0 saturated heterocycles. The van der Waals surface area contributed by atoms with Gasteiger partial charge in [-0.1, -0.05) is 40.0 Å². The van der Waals surface area contributed by atoms with Crippen LogP contribution in [-0.2, 0) is 13.6 Å². The highest BCUT2D eigenvalue weighted by Crippen LogP contribution is 2.43. The molecule has 0 atom stereocenters. The van der Waals surface area contributed by atoms with Gasteiger partial charge in [0.05, 0.1) is 34.4 Å². The van der Waals surface area contributed by atoms with Crippen molar-refractivity contribution in [2.45, 2.75) is 6.54 Å². The number of nitrogens with zero attached hydrogens (tertiary/aromatic N) is 7. The summed E-state index contributed by atoms with van der Waals surface area (Å²) in [5.74, 6) is 1.22. The van der Waals surface area contributed by atoms with Gasteiger partial charge in [0, 0.05) is 24.5 Å². The van der Waals surface area contributed by atoms with Crippen molar-refractivity contribution in [1.29, 1.82) is 0 Å². The largest absolute Gasteiger partial charge is 0.453 e. The summed E-state index contributed by atoms with van der Waals surface area (Å²) in [6, 6.07) is 10.3. The van der Waals surface area contributed by atoms with Crippen molar-refractivity contribution in [1.82, 2.24) is 29.8 Å². The number of nitrogens with one attached hydrogen (secondary N) is 1. The van der Waals surface area contributed by atoms with Crippen LogP contribution in [-0.4, -0.2) is 36.8 Å². The van der Waals surface area contributed by atoms with E-state index in [9.17, 15) is 0 Å². The van der Waals surface area contributed by atoms with Crippen LogP contribution < -0.4 is 10.1 Å². The summed E-state index contributed by atoms with van der Waals surface area (Å²) in [4.78, 5) is 7.95. The lowest BCUT2D eigenvalue weighted by atomic mass is 10.2. The zero-order valence-corrected chi connectivity index (χ0v) is 20.1. The number of rotatable bonds is 5. The highest BCUT2D eigenvalue weighted by atomic mass is 35.5. The van der Waals surface area contributed by atoms with E-state index in [1.54, 1.807) is 21.5 Å². The van der Waals surface area contributed by atoms with E-state index in [1.807, 2.05) is 26.2 Å².